The summed E-state index contributed by atoms with van der Waals surface area (Å²) in [7, 11) is 0. The first-order valence-electron chi connectivity index (χ1n) is 6.13. The van der Waals surface area contributed by atoms with E-state index in [2.05, 4.69) is 0 Å². The molecule has 2 rings (SSSR count). The Morgan fingerprint density at radius 2 is 1.38 bits per heavy atom. The van der Waals surface area contributed by atoms with Gasteiger partial charge in [0.1, 0.15) is 5.03 Å². The molecule has 0 saturated heterocycles. The van der Waals surface area contributed by atoms with Gasteiger partial charge in [-0.1, -0.05) is 0 Å². The number of nitrogens with zero attached hydrogens (tertiary/aromatic N) is 3. The van der Waals surface area contributed by atoms with Crippen molar-refractivity contribution in [1.82, 2.24) is 5.01 Å². The minimum absolute atomic E-state index is 0. The van der Waals surface area contributed by atoms with Crippen LogP contribution in [0, 0.1) is 92.2 Å². The van der Waals surface area contributed by atoms with E-state index in [0.717, 1.165) is 5.01 Å². The van der Waals surface area contributed by atoms with E-state index in [9.17, 15) is 10.1 Å². The van der Waals surface area contributed by atoms with E-state index in [1.54, 1.807) is 6.92 Å². The SMILES string of the molecule is C[CH-]N(CCC#N)[N+](=O)[O-].[CH]1[CH][CH][CH][CH]1.[CH]1[CH][CH][CH][CH]1.[Fe]. The standard InChI is InChI=1S/C5H8N3O2.2C5H5.Fe/c1-2-7(8(9)10)5-3-4-6;2*1-2-4-5-3-1;/h2H,3,5H2,1H3;2*1-5H;/q-1;;;. The largest absolute Gasteiger partial charge is 0.270 e. The number of hydrogen-bond acceptors (Lipinski definition) is 3. The molecule has 0 N–H and O–H groups in total. The fraction of sp³-hybridized carbons (Fsp3) is 0.200. The Hall–Kier alpha value is -0.791. The average Bonchev–Trinajstić information content (AvgIpc) is 3.17. The normalized spacial score (nSPS) is 15.4. The molecule has 0 aromatic rings. The summed E-state index contributed by atoms with van der Waals surface area (Å²) in [5.41, 5.74) is 0. The van der Waals surface area contributed by atoms with Crippen molar-refractivity contribution >= 4 is 0 Å². The third kappa shape index (κ3) is 15.4. The van der Waals surface area contributed by atoms with E-state index in [-0.39, 0.29) is 30.0 Å². The molecule has 10 radical (unpaired) electrons. The maximum absolute atomic E-state index is 10.0. The summed E-state index contributed by atoms with van der Waals surface area (Å²) >= 11 is 0. The van der Waals surface area contributed by atoms with Gasteiger partial charge in [0.25, 0.3) is 0 Å². The topological polar surface area (TPSA) is 70.2 Å². The Balaban J connectivity index is 0. The maximum Gasteiger partial charge on any atom is 0.129 e. The second kappa shape index (κ2) is 17.3. The van der Waals surface area contributed by atoms with Gasteiger partial charge < -0.3 is 0 Å². The predicted octanol–water partition coefficient (Wildman–Crippen LogP) is 2.62. The molecule has 2 aliphatic rings. The van der Waals surface area contributed by atoms with Crippen LogP contribution in [0.5, 0.6) is 0 Å². The second-order valence-electron chi connectivity index (χ2n) is 3.49. The quantitative estimate of drug-likeness (QED) is 0.344. The maximum atomic E-state index is 10.0. The van der Waals surface area contributed by atoms with Crippen LogP contribution < -0.4 is 0 Å². The third-order valence-corrected chi connectivity index (χ3v) is 2.07. The van der Waals surface area contributed by atoms with Gasteiger partial charge in [-0.25, -0.2) is 10.1 Å². The zero-order valence-electron chi connectivity index (χ0n) is 11.8. The smallest absolute Gasteiger partial charge is 0.129 e. The molecule has 0 aromatic heterocycles. The van der Waals surface area contributed by atoms with E-state index in [4.69, 9.17) is 5.26 Å². The molecule has 5 nitrogen and oxygen atoms in total. The van der Waals surface area contributed by atoms with Crippen LogP contribution in [0.2, 0.25) is 0 Å². The molecule has 21 heavy (non-hydrogen) atoms. The van der Waals surface area contributed by atoms with Crippen molar-refractivity contribution < 1.29 is 22.1 Å². The molecule has 114 valence electrons. The molecule has 2 saturated carbocycles. The van der Waals surface area contributed by atoms with E-state index < -0.39 is 5.03 Å². The second-order valence-corrected chi connectivity index (χ2v) is 3.49. The molecule has 0 amide bonds. The van der Waals surface area contributed by atoms with Crippen LogP contribution in [0.3, 0.4) is 0 Å². The molecule has 6 heteroatoms. The van der Waals surface area contributed by atoms with Gasteiger partial charge in [-0.05, 0) is 64.2 Å². The first-order valence-corrected chi connectivity index (χ1v) is 6.13. The summed E-state index contributed by atoms with van der Waals surface area (Å²) in [6.07, 6.45) is 20.2. The molecule has 2 aliphatic carbocycles. The summed E-state index contributed by atoms with van der Waals surface area (Å²) in [5.74, 6) is 0. The van der Waals surface area contributed by atoms with Gasteiger partial charge in [0.05, 0.1) is 19.0 Å². The minimum atomic E-state index is -0.544. The van der Waals surface area contributed by atoms with Gasteiger partial charge >= 0.3 is 0 Å². The molecule has 0 aliphatic heterocycles. The molecule has 0 bridgehead atoms. The zero-order valence-corrected chi connectivity index (χ0v) is 12.9. The Bertz CT molecular complexity index is 249. The van der Waals surface area contributed by atoms with Crippen LogP contribution in [0.15, 0.2) is 0 Å². The van der Waals surface area contributed by atoms with Crippen molar-refractivity contribution in [2.45, 2.75) is 13.3 Å². The van der Waals surface area contributed by atoms with Crippen molar-refractivity contribution in [3.8, 4) is 6.07 Å². The Morgan fingerprint density at radius 1 is 1.05 bits per heavy atom. The molecule has 2 fully saturated rings. The summed E-state index contributed by atoms with van der Waals surface area (Å²) in [6, 6.07) is 1.82. The monoisotopic (exact) mass is 328 g/mol. The van der Waals surface area contributed by atoms with Crippen LogP contribution in [-0.4, -0.2) is 16.6 Å². The van der Waals surface area contributed by atoms with Crippen molar-refractivity contribution in [1.29, 1.82) is 5.26 Å². The summed E-state index contributed by atoms with van der Waals surface area (Å²) in [5, 5.41) is 18.4. The van der Waals surface area contributed by atoms with Crippen LogP contribution >= 0.6 is 0 Å². The van der Waals surface area contributed by atoms with Crippen LogP contribution in [-0.2, 0) is 17.1 Å². The molecule has 0 spiro atoms. The van der Waals surface area contributed by atoms with Crippen LogP contribution in [0.1, 0.15) is 13.3 Å². The van der Waals surface area contributed by atoms with Gasteiger partial charge in [0, 0.05) is 17.1 Å². The van der Waals surface area contributed by atoms with E-state index in [1.807, 2.05) is 70.3 Å². The average molecular weight is 328 g/mol. The number of hydrogen-bond donors (Lipinski definition) is 0. The first kappa shape index (κ1) is 22.5. The summed E-state index contributed by atoms with van der Waals surface area (Å²) in [6.45, 7) is 3.04. The summed E-state index contributed by atoms with van der Waals surface area (Å²) < 4.78 is 0. The molecular formula is C15H18FeN3O2-. The molecule has 0 heterocycles. The van der Waals surface area contributed by atoms with E-state index >= 15 is 0 Å². The van der Waals surface area contributed by atoms with E-state index in [1.165, 1.54) is 6.54 Å². The number of rotatable bonds is 4. The van der Waals surface area contributed by atoms with Crippen LogP contribution in [0.4, 0.5) is 0 Å². The number of hydrazine groups is 1. The van der Waals surface area contributed by atoms with Gasteiger partial charge in [-0.15, -0.1) is 0 Å². The number of nitro groups is 1. The van der Waals surface area contributed by atoms with Crippen molar-refractivity contribution in [2.24, 2.45) is 0 Å². The molecule has 0 unspecified atom stereocenters. The van der Waals surface area contributed by atoms with E-state index in [0.29, 0.717) is 0 Å². The molecular weight excluding hydrogens is 310 g/mol. The van der Waals surface area contributed by atoms with Crippen molar-refractivity contribution in [3.63, 3.8) is 0 Å². The number of nitriles is 1. The first-order chi connectivity index (χ1) is 9.72. The van der Waals surface area contributed by atoms with Gasteiger partial charge in [-0.3, -0.25) is 5.01 Å². The minimum Gasteiger partial charge on any atom is -0.270 e. The van der Waals surface area contributed by atoms with Crippen molar-refractivity contribution in [2.75, 3.05) is 6.54 Å². The zero-order chi connectivity index (χ0) is 15.1. The Labute approximate surface area is 139 Å². The fourth-order valence-corrected chi connectivity index (χ4v) is 1.11. The van der Waals surface area contributed by atoms with Crippen molar-refractivity contribution in [3.05, 3.63) is 80.9 Å². The summed E-state index contributed by atoms with van der Waals surface area (Å²) in [4.78, 5) is 10.0. The van der Waals surface area contributed by atoms with Gasteiger partial charge in [0.2, 0.25) is 0 Å². The third-order valence-electron chi connectivity index (χ3n) is 2.07. The Morgan fingerprint density at radius 3 is 1.57 bits per heavy atom. The molecule has 0 aromatic carbocycles. The molecule has 0 atom stereocenters. The predicted molar refractivity (Wildman–Crippen MR) is 76.9 cm³/mol. The Kier molecular flexibility index (Phi) is 18.5. The van der Waals surface area contributed by atoms with Gasteiger partial charge in [-0.2, -0.15) is 18.7 Å². The van der Waals surface area contributed by atoms with Gasteiger partial charge in [0.15, 0.2) is 0 Å². The van der Waals surface area contributed by atoms with Crippen LogP contribution in [0.25, 0.3) is 0 Å². The fourth-order valence-electron chi connectivity index (χ4n) is 1.11.